The molecule has 1 aromatic carbocycles. The molecule has 1 aliphatic rings. The minimum Gasteiger partial charge on any atom is -0.369 e. The monoisotopic (exact) mass is 404 g/mol. The Morgan fingerprint density at radius 1 is 1.17 bits per heavy atom. The molecule has 0 amide bonds. The van der Waals surface area contributed by atoms with Crippen LogP contribution in [0.25, 0.3) is 11.0 Å². The summed E-state index contributed by atoms with van der Waals surface area (Å²) in [4.78, 5) is 22.2. The summed E-state index contributed by atoms with van der Waals surface area (Å²) in [6, 6.07) is 12.9. The number of aliphatic imine (C=N–C) groups is 1. The van der Waals surface area contributed by atoms with E-state index in [-0.39, 0.29) is 0 Å². The van der Waals surface area contributed by atoms with Crippen LogP contribution in [0.3, 0.4) is 0 Å². The van der Waals surface area contributed by atoms with Gasteiger partial charge in [0, 0.05) is 26.8 Å². The lowest BCUT2D eigenvalue weighted by Crippen LogP contribution is -2.33. The zero-order valence-corrected chi connectivity index (χ0v) is 18.1. The van der Waals surface area contributed by atoms with E-state index >= 15 is 0 Å². The van der Waals surface area contributed by atoms with Crippen LogP contribution in [-0.2, 0) is 13.0 Å². The second-order valence-corrected chi connectivity index (χ2v) is 8.32. The molecule has 6 nitrogen and oxygen atoms in total. The fraction of sp³-hybridized carbons (Fsp3) is 0.458. The van der Waals surface area contributed by atoms with Gasteiger partial charge in [0.2, 0.25) is 0 Å². The second-order valence-electron chi connectivity index (χ2n) is 8.32. The van der Waals surface area contributed by atoms with Gasteiger partial charge in [0.1, 0.15) is 5.82 Å². The number of rotatable bonds is 9. The van der Waals surface area contributed by atoms with Crippen molar-refractivity contribution in [3.05, 3.63) is 59.7 Å². The molecule has 0 radical (unpaired) electrons. The Labute approximate surface area is 179 Å². The summed E-state index contributed by atoms with van der Waals surface area (Å²) < 4.78 is 0. The zero-order valence-electron chi connectivity index (χ0n) is 18.1. The van der Waals surface area contributed by atoms with Crippen LogP contribution < -0.4 is 0 Å². The van der Waals surface area contributed by atoms with Crippen LogP contribution in [-0.4, -0.2) is 58.3 Å². The topological polar surface area (TPSA) is 60.4 Å². The summed E-state index contributed by atoms with van der Waals surface area (Å²) in [6.45, 7) is 2.71. The van der Waals surface area contributed by atoms with E-state index < -0.39 is 0 Å². The lowest BCUT2D eigenvalue weighted by molar-refractivity contribution is 0.159. The first-order valence-electron chi connectivity index (χ1n) is 11.0. The van der Waals surface area contributed by atoms with Crippen LogP contribution in [0.15, 0.2) is 47.6 Å². The van der Waals surface area contributed by atoms with Crippen molar-refractivity contribution in [3.63, 3.8) is 0 Å². The number of aromatic amines is 1. The first-order chi connectivity index (χ1) is 14.7. The van der Waals surface area contributed by atoms with Crippen molar-refractivity contribution in [2.75, 3.05) is 27.2 Å². The average Bonchev–Trinajstić information content (AvgIpc) is 3.17. The van der Waals surface area contributed by atoms with E-state index in [1.165, 1.54) is 17.7 Å². The number of benzene rings is 1. The number of nitrogens with zero attached hydrogens (tertiary/aromatic N) is 5. The molecule has 158 valence electrons. The molecular weight excluding hydrogens is 372 g/mol. The highest BCUT2D eigenvalue weighted by Crippen LogP contribution is 2.33. The zero-order chi connectivity index (χ0) is 20.8. The third-order valence-corrected chi connectivity index (χ3v) is 5.69. The number of aromatic nitrogens is 3. The lowest BCUT2D eigenvalue weighted by Gasteiger charge is -2.34. The highest BCUT2D eigenvalue weighted by Gasteiger charge is 2.27. The minimum absolute atomic E-state index is 0.355. The molecule has 0 spiro atoms. The standard InChI is InChI=1S/C24H32N6/c1-29(2)18-25-14-5-6-16-30(17-23-27-20-11-3-4-12-21(20)28-23)22-13-7-9-19-10-8-15-26-24(19)22/h3-4,8,10-12,15,18,22H,5-7,9,13-14,16-17H2,1-2H3,(H,27,28)/b25-18+. The first kappa shape index (κ1) is 20.5. The second kappa shape index (κ2) is 9.85. The van der Waals surface area contributed by atoms with Gasteiger partial charge in [-0.3, -0.25) is 14.9 Å². The predicted molar refractivity (Wildman–Crippen MR) is 123 cm³/mol. The Bertz CT molecular complexity index is 943. The summed E-state index contributed by atoms with van der Waals surface area (Å²) in [5, 5.41) is 0. The maximum Gasteiger partial charge on any atom is 0.121 e. The smallest absolute Gasteiger partial charge is 0.121 e. The molecule has 2 aromatic heterocycles. The van der Waals surface area contributed by atoms with Crippen LogP contribution in [0.1, 0.15) is 48.8 Å². The molecule has 2 heterocycles. The van der Waals surface area contributed by atoms with Gasteiger partial charge in [-0.2, -0.15) is 0 Å². The summed E-state index contributed by atoms with van der Waals surface area (Å²) in [5.41, 5.74) is 4.80. The molecule has 1 N–H and O–H groups in total. The number of fused-ring (bicyclic) bond motifs is 2. The maximum absolute atomic E-state index is 4.83. The molecule has 1 aliphatic carbocycles. The molecule has 0 saturated carbocycles. The normalized spacial score (nSPS) is 16.4. The van der Waals surface area contributed by atoms with Gasteiger partial charge in [0.25, 0.3) is 0 Å². The van der Waals surface area contributed by atoms with Gasteiger partial charge in [0.15, 0.2) is 0 Å². The molecule has 3 aromatic rings. The molecular formula is C24H32N6. The molecule has 0 fully saturated rings. The fourth-order valence-corrected chi connectivity index (χ4v) is 4.30. The highest BCUT2D eigenvalue weighted by molar-refractivity contribution is 5.74. The Morgan fingerprint density at radius 2 is 2.07 bits per heavy atom. The van der Waals surface area contributed by atoms with E-state index in [9.17, 15) is 0 Å². The predicted octanol–water partition coefficient (Wildman–Crippen LogP) is 4.21. The van der Waals surface area contributed by atoms with Crippen LogP contribution in [0.4, 0.5) is 0 Å². The molecule has 0 saturated heterocycles. The molecule has 30 heavy (non-hydrogen) atoms. The van der Waals surface area contributed by atoms with E-state index in [4.69, 9.17) is 9.97 Å². The number of pyridine rings is 1. The van der Waals surface area contributed by atoms with Crippen molar-refractivity contribution in [2.45, 2.75) is 44.7 Å². The third-order valence-electron chi connectivity index (χ3n) is 5.69. The third kappa shape index (κ3) is 5.05. The number of unbranched alkanes of at least 4 members (excludes halogenated alkanes) is 1. The van der Waals surface area contributed by atoms with Crippen molar-refractivity contribution >= 4 is 17.4 Å². The summed E-state index contributed by atoms with van der Waals surface area (Å²) in [5.74, 6) is 1.03. The van der Waals surface area contributed by atoms with Gasteiger partial charge in [-0.15, -0.1) is 0 Å². The van der Waals surface area contributed by atoms with Crippen LogP contribution >= 0.6 is 0 Å². The van der Waals surface area contributed by atoms with E-state index in [2.05, 4.69) is 45.2 Å². The van der Waals surface area contributed by atoms with E-state index in [0.29, 0.717) is 6.04 Å². The van der Waals surface area contributed by atoms with Crippen LogP contribution in [0.5, 0.6) is 0 Å². The number of imidazole rings is 1. The maximum atomic E-state index is 4.83. The molecule has 0 bridgehead atoms. The average molecular weight is 405 g/mol. The molecule has 1 atom stereocenters. The van der Waals surface area contributed by atoms with Gasteiger partial charge < -0.3 is 9.88 Å². The number of hydrogen-bond acceptors (Lipinski definition) is 4. The van der Waals surface area contributed by atoms with Gasteiger partial charge >= 0.3 is 0 Å². The van der Waals surface area contributed by atoms with Crippen LogP contribution in [0, 0.1) is 0 Å². The Balaban J connectivity index is 1.49. The number of nitrogens with one attached hydrogen (secondary N) is 1. The van der Waals surface area contributed by atoms with Gasteiger partial charge in [-0.25, -0.2) is 4.98 Å². The lowest BCUT2D eigenvalue weighted by atomic mass is 9.90. The largest absolute Gasteiger partial charge is 0.369 e. The molecule has 0 aliphatic heterocycles. The van der Waals surface area contributed by atoms with Crippen molar-refractivity contribution in [1.29, 1.82) is 0 Å². The quantitative estimate of drug-likeness (QED) is 0.330. The molecule has 1 unspecified atom stereocenters. The summed E-state index contributed by atoms with van der Waals surface area (Å²) in [6.07, 6.45) is 9.54. The number of hydrogen-bond donors (Lipinski definition) is 1. The van der Waals surface area contributed by atoms with Crippen molar-refractivity contribution in [1.82, 2.24) is 24.8 Å². The van der Waals surface area contributed by atoms with E-state index in [0.717, 1.165) is 62.2 Å². The Kier molecular flexibility index (Phi) is 6.74. The Hall–Kier alpha value is -2.73. The number of para-hydroxylation sites is 2. The minimum atomic E-state index is 0.355. The van der Waals surface area contributed by atoms with E-state index in [1.54, 1.807) is 0 Å². The van der Waals surface area contributed by atoms with Gasteiger partial charge in [-0.05, 0) is 62.4 Å². The van der Waals surface area contributed by atoms with Crippen molar-refractivity contribution < 1.29 is 0 Å². The van der Waals surface area contributed by atoms with Crippen molar-refractivity contribution in [2.24, 2.45) is 4.99 Å². The Morgan fingerprint density at radius 3 is 2.93 bits per heavy atom. The molecule has 6 heteroatoms. The number of aryl methyl sites for hydroxylation is 1. The highest BCUT2D eigenvalue weighted by atomic mass is 15.2. The van der Waals surface area contributed by atoms with E-state index in [1.807, 2.05) is 37.6 Å². The summed E-state index contributed by atoms with van der Waals surface area (Å²) in [7, 11) is 4.01. The van der Waals surface area contributed by atoms with Gasteiger partial charge in [0.05, 0.1) is 35.7 Å². The first-order valence-corrected chi connectivity index (χ1v) is 11.0. The van der Waals surface area contributed by atoms with Crippen LogP contribution in [0.2, 0.25) is 0 Å². The SMILES string of the molecule is CN(C)/C=N/CCCCN(Cc1nc2ccccc2[nH]1)C1CCCc2cccnc21. The van der Waals surface area contributed by atoms with Gasteiger partial charge in [-0.1, -0.05) is 18.2 Å². The molecule has 4 rings (SSSR count). The summed E-state index contributed by atoms with van der Waals surface area (Å²) >= 11 is 0. The number of H-pyrrole nitrogens is 1. The fourth-order valence-electron chi connectivity index (χ4n) is 4.30. The van der Waals surface area contributed by atoms with Crippen molar-refractivity contribution in [3.8, 4) is 0 Å².